The Morgan fingerprint density at radius 1 is 1.38 bits per heavy atom. The Labute approximate surface area is 108 Å². The molecule has 0 fully saturated rings. The zero-order valence-corrected chi connectivity index (χ0v) is 10.8. The molecule has 1 heterocycles. The zero-order valence-electron chi connectivity index (χ0n) is 8.45. The molecule has 84 valence electrons. The Bertz CT molecular complexity index is 473. The average molecular weight is 274 g/mol. The molecule has 2 aromatic rings. The summed E-state index contributed by atoms with van der Waals surface area (Å²) in [6, 6.07) is 5.57. The van der Waals surface area contributed by atoms with Crippen molar-refractivity contribution in [3.8, 4) is 0 Å². The summed E-state index contributed by atoms with van der Waals surface area (Å²) in [7, 11) is 0. The molecule has 0 aliphatic rings. The zero-order chi connectivity index (χ0) is 11.5. The van der Waals surface area contributed by atoms with Gasteiger partial charge in [-0.05, 0) is 24.6 Å². The van der Waals surface area contributed by atoms with E-state index in [9.17, 15) is 0 Å². The molecule has 16 heavy (non-hydrogen) atoms. The van der Waals surface area contributed by atoms with Crippen molar-refractivity contribution in [2.75, 3.05) is 5.32 Å². The number of nitrogens with zero attached hydrogens (tertiary/aromatic N) is 2. The van der Waals surface area contributed by atoms with E-state index in [0.717, 1.165) is 10.6 Å². The Morgan fingerprint density at radius 2 is 2.19 bits per heavy atom. The van der Waals surface area contributed by atoms with Crippen molar-refractivity contribution in [1.29, 1.82) is 0 Å². The summed E-state index contributed by atoms with van der Waals surface area (Å²) in [5, 5.41) is 9.23. The van der Waals surface area contributed by atoms with Crippen LogP contribution < -0.4 is 5.32 Å². The van der Waals surface area contributed by atoms with Gasteiger partial charge in [0, 0.05) is 21.6 Å². The molecule has 1 aromatic carbocycles. The standard InChI is InChI=1S/C10H9Cl2N3S/c1-6(14-10-5-13-15-16-10)8-3-2-7(11)4-9(8)12/h2-6,14H,1H3. The average Bonchev–Trinajstić information content (AvgIpc) is 2.70. The second-order valence-corrected chi connectivity index (χ2v) is 4.94. The van der Waals surface area contributed by atoms with Crippen molar-refractivity contribution in [3.05, 3.63) is 40.0 Å². The Hall–Kier alpha value is -0.840. The van der Waals surface area contributed by atoms with Crippen LogP contribution in [-0.2, 0) is 0 Å². The molecule has 0 spiro atoms. The molecule has 0 bridgehead atoms. The first-order chi connectivity index (χ1) is 7.66. The van der Waals surface area contributed by atoms with Gasteiger partial charge < -0.3 is 5.32 Å². The van der Waals surface area contributed by atoms with E-state index in [4.69, 9.17) is 23.2 Å². The predicted molar refractivity (Wildman–Crippen MR) is 68.4 cm³/mol. The number of hydrogen-bond donors (Lipinski definition) is 1. The maximum Gasteiger partial charge on any atom is 0.130 e. The summed E-state index contributed by atoms with van der Waals surface area (Å²) >= 11 is 13.3. The highest BCUT2D eigenvalue weighted by Gasteiger charge is 2.10. The van der Waals surface area contributed by atoms with Crippen LogP contribution in [-0.4, -0.2) is 9.59 Å². The summed E-state index contributed by atoms with van der Waals surface area (Å²) in [6.07, 6.45) is 1.69. The van der Waals surface area contributed by atoms with E-state index >= 15 is 0 Å². The molecular weight excluding hydrogens is 265 g/mol. The van der Waals surface area contributed by atoms with Crippen molar-refractivity contribution in [1.82, 2.24) is 9.59 Å². The maximum absolute atomic E-state index is 6.11. The van der Waals surface area contributed by atoms with Crippen LogP contribution in [0.3, 0.4) is 0 Å². The molecule has 6 heteroatoms. The fourth-order valence-electron chi connectivity index (χ4n) is 1.37. The SMILES string of the molecule is CC(Nc1cnns1)c1ccc(Cl)cc1Cl. The third-order valence-electron chi connectivity index (χ3n) is 2.15. The molecule has 3 nitrogen and oxygen atoms in total. The molecule has 0 aliphatic carbocycles. The highest BCUT2D eigenvalue weighted by Crippen LogP contribution is 2.28. The van der Waals surface area contributed by atoms with Gasteiger partial charge in [-0.1, -0.05) is 33.8 Å². The first-order valence-corrected chi connectivity index (χ1v) is 6.18. The molecule has 1 atom stereocenters. The van der Waals surface area contributed by atoms with E-state index in [1.165, 1.54) is 11.5 Å². The number of halogens is 2. The van der Waals surface area contributed by atoms with Crippen molar-refractivity contribution < 1.29 is 0 Å². The van der Waals surface area contributed by atoms with Crippen LogP contribution in [0, 0.1) is 0 Å². The number of hydrogen-bond acceptors (Lipinski definition) is 4. The maximum atomic E-state index is 6.11. The monoisotopic (exact) mass is 273 g/mol. The third-order valence-corrected chi connectivity index (χ3v) is 3.31. The van der Waals surface area contributed by atoms with Crippen molar-refractivity contribution in [3.63, 3.8) is 0 Å². The van der Waals surface area contributed by atoms with Gasteiger partial charge in [0.2, 0.25) is 0 Å². The van der Waals surface area contributed by atoms with Gasteiger partial charge in [-0.15, -0.1) is 5.10 Å². The minimum absolute atomic E-state index is 0.0898. The molecule has 1 N–H and O–H groups in total. The van der Waals surface area contributed by atoms with Crippen LogP contribution in [0.2, 0.25) is 10.0 Å². The smallest absolute Gasteiger partial charge is 0.130 e. The molecular formula is C10H9Cl2N3S. The quantitative estimate of drug-likeness (QED) is 0.918. The largest absolute Gasteiger partial charge is 0.368 e. The second kappa shape index (κ2) is 4.99. The van der Waals surface area contributed by atoms with Crippen LogP contribution in [0.1, 0.15) is 18.5 Å². The Kier molecular flexibility index (Phi) is 3.63. The lowest BCUT2D eigenvalue weighted by atomic mass is 10.1. The van der Waals surface area contributed by atoms with Gasteiger partial charge in [-0.25, -0.2) is 0 Å². The highest BCUT2D eigenvalue weighted by molar-refractivity contribution is 7.09. The molecule has 1 aromatic heterocycles. The van der Waals surface area contributed by atoms with Gasteiger partial charge in [0.15, 0.2) is 0 Å². The van der Waals surface area contributed by atoms with Crippen molar-refractivity contribution in [2.24, 2.45) is 0 Å². The fraction of sp³-hybridized carbons (Fsp3) is 0.200. The Balaban J connectivity index is 2.17. The van der Waals surface area contributed by atoms with Crippen LogP contribution in [0.15, 0.2) is 24.4 Å². The first-order valence-electron chi connectivity index (χ1n) is 4.65. The normalized spacial score (nSPS) is 12.4. The number of rotatable bonds is 3. The van der Waals surface area contributed by atoms with E-state index in [0.29, 0.717) is 10.0 Å². The molecule has 0 saturated heterocycles. The van der Waals surface area contributed by atoms with E-state index in [-0.39, 0.29) is 6.04 Å². The molecule has 0 saturated carbocycles. The lowest BCUT2D eigenvalue weighted by molar-refractivity contribution is 0.889. The third kappa shape index (κ3) is 2.64. The van der Waals surface area contributed by atoms with Crippen LogP contribution in [0.4, 0.5) is 5.00 Å². The van der Waals surface area contributed by atoms with Crippen molar-refractivity contribution >= 4 is 39.7 Å². The second-order valence-electron chi connectivity index (χ2n) is 3.31. The van der Waals surface area contributed by atoms with E-state index in [1.807, 2.05) is 19.1 Å². The highest BCUT2D eigenvalue weighted by atomic mass is 35.5. The number of aromatic nitrogens is 2. The fourth-order valence-corrected chi connectivity index (χ4v) is 2.45. The van der Waals surface area contributed by atoms with Crippen LogP contribution in [0.25, 0.3) is 0 Å². The van der Waals surface area contributed by atoms with Gasteiger partial charge >= 0.3 is 0 Å². The van der Waals surface area contributed by atoms with Gasteiger partial charge in [-0.3, -0.25) is 0 Å². The van der Waals surface area contributed by atoms with Crippen LogP contribution in [0.5, 0.6) is 0 Å². The number of anilines is 1. The molecule has 2 rings (SSSR count). The van der Waals surface area contributed by atoms with Gasteiger partial charge in [0.05, 0.1) is 12.2 Å². The van der Waals surface area contributed by atoms with Crippen molar-refractivity contribution in [2.45, 2.75) is 13.0 Å². The predicted octanol–water partition coefficient (Wildman–Crippen LogP) is 4.02. The topological polar surface area (TPSA) is 37.8 Å². The Morgan fingerprint density at radius 3 is 2.81 bits per heavy atom. The molecule has 0 radical (unpaired) electrons. The lowest BCUT2D eigenvalue weighted by Crippen LogP contribution is -2.05. The summed E-state index contributed by atoms with van der Waals surface area (Å²) in [6.45, 7) is 2.02. The van der Waals surface area contributed by atoms with Gasteiger partial charge in [0.25, 0.3) is 0 Å². The first kappa shape index (κ1) is 11.6. The number of nitrogens with one attached hydrogen (secondary N) is 1. The van der Waals surface area contributed by atoms with E-state index in [2.05, 4.69) is 14.9 Å². The number of benzene rings is 1. The minimum atomic E-state index is 0.0898. The van der Waals surface area contributed by atoms with E-state index < -0.39 is 0 Å². The summed E-state index contributed by atoms with van der Waals surface area (Å²) < 4.78 is 3.78. The summed E-state index contributed by atoms with van der Waals surface area (Å²) in [4.78, 5) is 0. The minimum Gasteiger partial charge on any atom is -0.368 e. The van der Waals surface area contributed by atoms with Gasteiger partial charge in [-0.2, -0.15) is 0 Å². The lowest BCUT2D eigenvalue weighted by Gasteiger charge is -2.15. The molecule has 0 amide bonds. The van der Waals surface area contributed by atoms with E-state index in [1.54, 1.807) is 12.3 Å². The molecule has 0 aliphatic heterocycles. The van der Waals surface area contributed by atoms with Crippen LogP contribution >= 0.6 is 34.7 Å². The van der Waals surface area contributed by atoms with Gasteiger partial charge in [0.1, 0.15) is 5.00 Å². The summed E-state index contributed by atoms with van der Waals surface area (Å²) in [5.41, 5.74) is 1.000. The summed E-state index contributed by atoms with van der Waals surface area (Å²) in [5.74, 6) is 0. The molecule has 1 unspecified atom stereocenters.